The van der Waals surface area contributed by atoms with Crippen molar-refractivity contribution < 1.29 is 22.3 Å². The second-order valence-corrected chi connectivity index (χ2v) is 8.52. The first-order valence-corrected chi connectivity index (χ1v) is 10.8. The summed E-state index contributed by atoms with van der Waals surface area (Å²) in [5, 5.41) is 2.73. The molecule has 152 valence electrons. The molecule has 6 nitrogen and oxygen atoms in total. The molecular weight excluding hydrogens is 383 g/mol. The summed E-state index contributed by atoms with van der Waals surface area (Å²) in [6.45, 7) is 4.08. The molecule has 0 spiro atoms. The zero-order valence-electron chi connectivity index (χ0n) is 16.2. The van der Waals surface area contributed by atoms with Gasteiger partial charge < -0.3 is 10.1 Å². The van der Waals surface area contributed by atoms with E-state index in [9.17, 15) is 17.6 Å². The number of amides is 1. The van der Waals surface area contributed by atoms with Crippen molar-refractivity contribution in [3.63, 3.8) is 0 Å². The maximum Gasteiger partial charge on any atom is 0.229 e. The average Bonchev–Trinajstić information content (AvgIpc) is 2.60. The summed E-state index contributed by atoms with van der Waals surface area (Å²) in [5.74, 6) is -0.0545. The second kappa shape index (κ2) is 9.54. The van der Waals surface area contributed by atoms with Crippen LogP contribution < -0.4 is 14.8 Å². The van der Waals surface area contributed by atoms with Crippen molar-refractivity contribution in [1.82, 2.24) is 5.32 Å². The molecule has 0 bridgehead atoms. The summed E-state index contributed by atoms with van der Waals surface area (Å²) in [4.78, 5) is 12.0. The van der Waals surface area contributed by atoms with Gasteiger partial charge in [0.1, 0.15) is 11.6 Å². The number of hydrogen-bond donors (Lipinski definition) is 2. The average molecular weight is 408 g/mol. The van der Waals surface area contributed by atoms with E-state index < -0.39 is 15.8 Å². The Kier molecular flexibility index (Phi) is 7.39. The van der Waals surface area contributed by atoms with E-state index in [1.54, 1.807) is 6.07 Å². The Labute approximate surface area is 165 Å². The molecule has 28 heavy (non-hydrogen) atoms. The van der Waals surface area contributed by atoms with Gasteiger partial charge in [0.25, 0.3) is 0 Å². The second-order valence-electron chi connectivity index (χ2n) is 6.78. The van der Waals surface area contributed by atoms with Gasteiger partial charge >= 0.3 is 0 Å². The molecule has 0 aliphatic heterocycles. The molecule has 0 unspecified atom stereocenters. The van der Waals surface area contributed by atoms with Gasteiger partial charge in [0.2, 0.25) is 15.9 Å². The molecule has 0 atom stereocenters. The maximum absolute atomic E-state index is 13.9. The van der Waals surface area contributed by atoms with Gasteiger partial charge in [-0.25, -0.2) is 12.8 Å². The van der Waals surface area contributed by atoms with Crippen molar-refractivity contribution in [2.75, 3.05) is 11.0 Å². The minimum Gasteiger partial charge on any atom is -0.491 e. The number of nitrogens with one attached hydrogen (secondary N) is 2. The van der Waals surface area contributed by atoms with Gasteiger partial charge in [-0.15, -0.1) is 0 Å². The molecule has 2 N–H and O–H groups in total. The molecule has 1 amide bonds. The molecule has 0 heterocycles. The topological polar surface area (TPSA) is 84.5 Å². The highest BCUT2D eigenvalue weighted by atomic mass is 32.2. The Morgan fingerprint density at radius 1 is 1.11 bits per heavy atom. The molecule has 0 aliphatic carbocycles. The van der Waals surface area contributed by atoms with E-state index in [-0.39, 0.29) is 24.2 Å². The van der Waals surface area contributed by atoms with E-state index in [1.165, 1.54) is 12.1 Å². The molecular formula is C20H25FN2O4S. The predicted octanol–water partition coefficient (Wildman–Crippen LogP) is 3.23. The molecule has 8 heteroatoms. The van der Waals surface area contributed by atoms with Crippen molar-refractivity contribution in [2.24, 2.45) is 0 Å². The summed E-state index contributed by atoms with van der Waals surface area (Å²) in [6, 6.07) is 11.7. The van der Waals surface area contributed by atoms with Gasteiger partial charge in [-0.3, -0.25) is 9.52 Å². The van der Waals surface area contributed by atoms with Gasteiger partial charge in [-0.05, 0) is 55.7 Å². The quantitative estimate of drug-likeness (QED) is 0.667. The van der Waals surface area contributed by atoms with Crippen LogP contribution in [0.3, 0.4) is 0 Å². The lowest BCUT2D eigenvalue weighted by Crippen LogP contribution is -2.23. The first-order valence-electron chi connectivity index (χ1n) is 8.91. The Morgan fingerprint density at radius 2 is 1.75 bits per heavy atom. The van der Waals surface area contributed by atoms with E-state index in [0.717, 1.165) is 17.6 Å². The largest absolute Gasteiger partial charge is 0.491 e. The zero-order valence-corrected chi connectivity index (χ0v) is 17.0. The number of aryl methyl sites for hydroxylation is 1. The zero-order chi connectivity index (χ0) is 20.7. The summed E-state index contributed by atoms with van der Waals surface area (Å²) in [7, 11) is -3.55. The Hall–Kier alpha value is -2.61. The van der Waals surface area contributed by atoms with E-state index in [0.29, 0.717) is 18.4 Å². The first-order chi connectivity index (χ1) is 13.1. The van der Waals surface area contributed by atoms with E-state index in [2.05, 4.69) is 10.0 Å². The van der Waals surface area contributed by atoms with E-state index in [1.807, 2.05) is 38.1 Å². The van der Waals surface area contributed by atoms with Crippen LogP contribution in [0.15, 0.2) is 42.5 Å². The van der Waals surface area contributed by atoms with Crippen LogP contribution >= 0.6 is 0 Å². The number of hydrogen-bond acceptors (Lipinski definition) is 4. The highest BCUT2D eigenvalue weighted by Gasteiger charge is 2.09. The summed E-state index contributed by atoms with van der Waals surface area (Å²) < 4.78 is 43.9. The molecule has 0 aliphatic rings. The van der Waals surface area contributed by atoms with Crippen LogP contribution in [0.5, 0.6) is 5.75 Å². The Balaban J connectivity index is 1.81. The van der Waals surface area contributed by atoms with E-state index >= 15 is 0 Å². The highest BCUT2D eigenvalue weighted by molar-refractivity contribution is 7.92. The molecule has 2 rings (SSSR count). The van der Waals surface area contributed by atoms with Crippen LogP contribution in [0.2, 0.25) is 0 Å². The van der Waals surface area contributed by atoms with Crippen molar-refractivity contribution in [1.29, 1.82) is 0 Å². The normalized spacial score (nSPS) is 11.3. The lowest BCUT2D eigenvalue weighted by molar-refractivity contribution is -0.121. The van der Waals surface area contributed by atoms with Crippen LogP contribution in [0, 0.1) is 5.82 Å². The Bertz CT molecular complexity index is 912. The lowest BCUT2D eigenvalue weighted by Gasteiger charge is -2.10. The third kappa shape index (κ3) is 7.56. The minimum atomic E-state index is -3.55. The van der Waals surface area contributed by atoms with Gasteiger partial charge in [0.05, 0.1) is 18.0 Å². The van der Waals surface area contributed by atoms with Gasteiger partial charge in [0, 0.05) is 13.0 Å². The molecule has 2 aromatic rings. The highest BCUT2D eigenvalue weighted by Crippen LogP contribution is 2.17. The molecule has 0 saturated heterocycles. The number of ether oxygens (including phenoxy) is 1. The van der Waals surface area contributed by atoms with Crippen molar-refractivity contribution in [3.8, 4) is 5.75 Å². The van der Waals surface area contributed by atoms with Crippen LogP contribution in [-0.2, 0) is 27.8 Å². The lowest BCUT2D eigenvalue weighted by atomic mass is 10.1. The van der Waals surface area contributed by atoms with Crippen molar-refractivity contribution in [3.05, 3.63) is 59.4 Å². The molecule has 0 saturated carbocycles. The summed E-state index contributed by atoms with van der Waals surface area (Å²) in [6.07, 6.45) is 1.95. The van der Waals surface area contributed by atoms with Gasteiger partial charge in [0.15, 0.2) is 0 Å². The number of carbonyl (C=O) groups is 1. The number of carbonyl (C=O) groups excluding carboxylic acids is 1. The molecule has 0 radical (unpaired) electrons. The van der Waals surface area contributed by atoms with Crippen LogP contribution in [-0.4, -0.2) is 26.7 Å². The maximum atomic E-state index is 13.9. The van der Waals surface area contributed by atoms with Crippen LogP contribution in [0.4, 0.5) is 10.1 Å². The number of benzene rings is 2. The number of halogens is 1. The van der Waals surface area contributed by atoms with Crippen molar-refractivity contribution >= 4 is 21.6 Å². The molecule has 2 aromatic carbocycles. The first kappa shape index (κ1) is 21.7. The smallest absolute Gasteiger partial charge is 0.229 e. The fourth-order valence-electron chi connectivity index (χ4n) is 2.50. The predicted molar refractivity (Wildman–Crippen MR) is 107 cm³/mol. The van der Waals surface area contributed by atoms with Gasteiger partial charge in [-0.1, -0.05) is 18.2 Å². The van der Waals surface area contributed by atoms with Crippen LogP contribution in [0.25, 0.3) is 0 Å². The summed E-state index contributed by atoms with van der Waals surface area (Å²) in [5.41, 5.74) is 1.44. The number of rotatable bonds is 9. The molecule has 0 aromatic heterocycles. The van der Waals surface area contributed by atoms with E-state index in [4.69, 9.17) is 4.74 Å². The van der Waals surface area contributed by atoms with Gasteiger partial charge in [-0.2, -0.15) is 0 Å². The SMILES string of the molecule is CC(C)Oc1ccc(CCC(=O)NCc2ccc(NS(C)(=O)=O)c(F)c2)cc1. The number of sulfonamides is 1. The third-order valence-corrected chi connectivity index (χ3v) is 4.35. The third-order valence-electron chi connectivity index (χ3n) is 3.75. The minimum absolute atomic E-state index is 0.109. The Morgan fingerprint density at radius 3 is 2.32 bits per heavy atom. The molecule has 0 fully saturated rings. The fraction of sp³-hybridized carbons (Fsp3) is 0.350. The number of anilines is 1. The van der Waals surface area contributed by atoms with Crippen molar-refractivity contribution in [2.45, 2.75) is 39.3 Å². The van der Waals surface area contributed by atoms with Crippen LogP contribution in [0.1, 0.15) is 31.4 Å². The standard InChI is InChI=1S/C20H25FN2O4S/c1-14(2)27-17-8-4-15(5-9-17)7-11-20(24)22-13-16-6-10-19(18(21)12-16)23-28(3,25)26/h4-6,8-10,12,14,23H,7,11,13H2,1-3H3,(H,22,24). The summed E-state index contributed by atoms with van der Waals surface area (Å²) >= 11 is 0. The fourth-order valence-corrected chi connectivity index (χ4v) is 3.07. The monoisotopic (exact) mass is 408 g/mol.